The number of hydrogen-bond acceptors (Lipinski definition) is 5. The Kier molecular flexibility index (Phi) is 5.73. The van der Waals surface area contributed by atoms with Crippen molar-refractivity contribution in [3.8, 4) is 11.5 Å². The summed E-state index contributed by atoms with van der Waals surface area (Å²) in [7, 11) is 0. The molecule has 0 saturated carbocycles. The van der Waals surface area contributed by atoms with E-state index in [-0.39, 0.29) is 11.3 Å². The van der Waals surface area contributed by atoms with Gasteiger partial charge < -0.3 is 9.73 Å². The van der Waals surface area contributed by atoms with Crippen LogP contribution in [0, 0.1) is 17.0 Å². The lowest BCUT2D eigenvalue weighted by Crippen LogP contribution is -2.14. The van der Waals surface area contributed by atoms with Crippen molar-refractivity contribution >= 4 is 28.4 Å². The van der Waals surface area contributed by atoms with Gasteiger partial charge in [0.05, 0.1) is 4.92 Å². The third kappa shape index (κ3) is 4.09. The van der Waals surface area contributed by atoms with Gasteiger partial charge >= 0.3 is 0 Å². The first-order chi connectivity index (χ1) is 15.4. The van der Waals surface area contributed by atoms with Crippen LogP contribution in [0.25, 0.3) is 22.6 Å². The summed E-state index contributed by atoms with van der Waals surface area (Å²) in [5.74, 6) is 0.485. The summed E-state index contributed by atoms with van der Waals surface area (Å²) in [5, 5.41) is 14.0. The van der Waals surface area contributed by atoms with Crippen LogP contribution in [0.5, 0.6) is 0 Å². The summed E-state index contributed by atoms with van der Waals surface area (Å²) < 4.78 is 5.93. The Balaban J connectivity index is 1.61. The van der Waals surface area contributed by atoms with E-state index >= 15 is 0 Å². The zero-order valence-corrected chi connectivity index (χ0v) is 18.1. The maximum Gasteiger partial charge on any atom is 0.273 e. The van der Waals surface area contributed by atoms with Gasteiger partial charge in [0.2, 0.25) is 5.89 Å². The second kappa shape index (κ2) is 8.63. The van der Waals surface area contributed by atoms with Gasteiger partial charge in [-0.15, -0.1) is 0 Å². The Morgan fingerprint density at radius 3 is 2.69 bits per heavy atom. The van der Waals surface area contributed by atoms with Gasteiger partial charge in [0.15, 0.2) is 5.58 Å². The van der Waals surface area contributed by atoms with Crippen molar-refractivity contribution in [2.45, 2.75) is 33.1 Å². The number of aromatic nitrogens is 1. The number of rotatable bonds is 6. The van der Waals surface area contributed by atoms with Crippen LogP contribution in [0.15, 0.2) is 65.1 Å². The Hall–Kier alpha value is -4.00. The van der Waals surface area contributed by atoms with Crippen LogP contribution < -0.4 is 5.32 Å². The minimum Gasteiger partial charge on any atom is -0.436 e. The minimum absolute atomic E-state index is 0.0883. The van der Waals surface area contributed by atoms with Crippen molar-refractivity contribution in [3.63, 3.8) is 0 Å². The highest BCUT2D eigenvalue weighted by Crippen LogP contribution is 2.29. The average Bonchev–Trinajstić information content (AvgIpc) is 3.22. The summed E-state index contributed by atoms with van der Waals surface area (Å²) in [6, 6.07) is 17.7. The first kappa shape index (κ1) is 21.2. The molecule has 1 aromatic heterocycles. The van der Waals surface area contributed by atoms with Crippen molar-refractivity contribution in [2.24, 2.45) is 0 Å². The molecule has 0 spiro atoms. The minimum atomic E-state index is -0.493. The number of nitrogens with one attached hydrogen (secondary N) is 1. The lowest BCUT2D eigenvalue weighted by Gasteiger charge is -2.08. The standard InChI is InChI=1S/C25H23N3O4/c1-4-15(2)17-11-12-23-21(14-17)27-25(32-23)18-7-5-8-19(13-18)26-24(29)20-9-6-10-22(16(20)3)28(30)31/h5-15H,4H2,1-3H3,(H,26,29)/t15-/m1/s1. The molecule has 0 aliphatic carbocycles. The SMILES string of the molecule is CC[C@@H](C)c1ccc2oc(-c3cccc(NC(=O)c4cccc([N+](=O)[O-])c4C)c3)nc2c1. The Labute approximate surface area is 185 Å². The van der Waals surface area contributed by atoms with E-state index in [1.165, 1.54) is 17.7 Å². The highest BCUT2D eigenvalue weighted by molar-refractivity contribution is 6.06. The number of nitro groups is 1. The molecule has 0 aliphatic heterocycles. The highest BCUT2D eigenvalue weighted by Gasteiger charge is 2.18. The van der Waals surface area contributed by atoms with Gasteiger partial charge in [0, 0.05) is 28.4 Å². The topological polar surface area (TPSA) is 98.3 Å². The van der Waals surface area contributed by atoms with E-state index < -0.39 is 10.8 Å². The van der Waals surface area contributed by atoms with Crippen LogP contribution in [-0.2, 0) is 0 Å². The van der Waals surface area contributed by atoms with Crippen LogP contribution in [0.4, 0.5) is 11.4 Å². The van der Waals surface area contributed by atoms with Crippen LogP contribution in [0.2, 0.25) is 0 Å². The third-order valence-corrected chi connectivity index (χ3v) is 5.71. The predicted octanol–water partition coefficient (Wildman–Crippen LogP) is 6.48. The molecular formula is C25H23N3O4. The van der Waals surface area contributed by atoms with Gasteiger partial charge in [-0.05, 0) is 61.2 Å². The van der Waals surface area contributed by atoms with Gasteiger partial charge in [0.25, 0.3) is 11.6 Å². The van der Waals surface area contributed by atoms with Crippen molar-refractivity contribution in [2.75, 3.05) is 5.32 Å². The summed E-state index contributed by atoms with van der Waals surface area (Å²) in [5.41, 5.74) is 4.46. The maximum absolute atomic E-state index is 12.8. The number of oxazole rings is 1. The average molecular weight is 429 g/mol. The first-order valence-corrected chi connectivity index (χ1v) is 10.4. The maximum atomic E-state index is 12.8. The van der Waals surface area contributed by atoms with Crippen molar-refractivity contribution in [1.82, 2.24) is 4.98 Å². The molecule has 0 saturated heterocycles. The normalized spacial score (nSPS) is 12.0. The smallest absolute Gasteiger partial charge is 0.273 e. The number of hydrogen-bond donors (Lipinski definition) is 1. The van der Waals surface area contributed by atoms with Crippen LogP contribution in [0.1, 0.15) is 47.7 Å². The first-order valence-electron chi connectivity index (χ1n) is 10.4. The Morgan fingerprint density at radius 1 is 1.16 bits per heavy atom. The highest BCUT2D eigenvalue weighted by atomic mass is 16.6. The number of carbonyl (C=O) groups excluding carboxylic acids is 1. The molecule has 1 amide bonds. The third-order valence-electron chi connectivity index (χ3n) is 5.71. The fourth-order valence-electron chi connectivity index (χ4n) is 3.61. The second-order valence-corrected chi connectivity index (χ2v) is 7.80. The molecule has 32 heavy (non-hydrogen) atoms. The molecule has 3 aromatic carbocycles. The summed E-state index contributed by atoms with van der Waals surface area (Å²) in [6.45, 7) is 5.89. The molecule has 4 aromatic rings. The molecule has 1 atom stereocenters. The Bertz CT molecular complexity index is 1330. The van der Waals surface area contributed by atoms with Gasteiger partial charge in [-0.3, -0.25) is 14.9 Å². The number of benzene rings is 3. The molecule has 162 valence electrons. The predicted molar refractivity (Wildman–Crippen MR) is 124 cm³/mol. The molecule has 1 N–H and O–H groups in total. The van der Waals surface area contributed by atoms with E-state index in [2.05, 4.69) is 30.2 Å². The van der Waals surface area contributed by atoms with Crippen molar-refractivity contribution in [3.05, 3.63) is 87.5 Å². The summed E-state index contributed by atoms with van der Waals surface area (Å²) in [6.07, 6.45) is 1.04. The van der Waals surface area contributed by atoms with E-state index in [4.69, 9.17) is 4.42 Å². The Morgan fingerprint density at radius 2 is 1.94 bits per heavy atom. The number of fused-ring (bicyclic) bond motifs is 1. The molecule has 0 fully saturated rings. The van der Waals surface area contributed by atoms with Crippen molar-refractivity contribution < 1.29 is 14.1 Å². The fourth-order valence-corrected chi connectivity index (χ4v) is 3.61. The number of nitrogens with zero attached hydrogens (tertiary/aromatic N) is 2. The second-order valence-electron chi connectivity index (χ2n) is 7.80. The fraction of sp³-hybridized carbons (Fsp3) is 0.200. The summed E-state index contributed by atoms with van der Waals surface area (Å²) >= 11 is 0. The zero-order chi connectivity index (χ0) is 22.8. The van der Waals surface area contributed by atoms with Crippen LogP contribution in [-0.4, -0.2) is 15.8 Å². The molecule has 0 bridgehead atoms. The lowest BCUT2D eigenvalue weighted by molar-refractivity contribution is -0.385. The van der Waals surface area contributed by atoms with Crippen LogP contribution >= 0.6 is 0 Å². The zero-order valence-electron chi connectivity index (χ0n) is 18.1. The quantitative estimate of drug-likeness (QED) is 0.279. The number of anilines is 1. The molecule has 0 aliphatic rings. The van der Waals surface area contributed by atoms with E-state index in [1.807, 2.05) is 18.2 Å². The van der Waals surface area contributed by atoms with Gasteiger partial charge in [-0.1, -0.05) is 32.0 Å². The number of amides is 1. The monoisotopic (exact) mass is 429 g/mol. The van der Waals surface area contributed by atoms with Gasteiger partial charge in [0.1, 0.15) is 5.52 Å². The largest absolute Gasteiger partial charge is 0.436 e. The molecule has 7 heteroatoms. The molecule has 1 heterocycles. The van der Waals surface area contributed by atoms with Gasteiger partial charge in [-0.25, -0.2) is 4.98 Å². The molecule has 0 radical (unpaired) electrons. The van der Waals surface area contributed by atoms with E-state index in [9.17, 15) is 14.9 Å². The molecular weight excluding hydrogens is 406 g/mol. The van der Waals surface area contributed by atoms with E-state index in [1.54, 1.807) is 31.2 Å². The van der Waals surface area contributed by atoms with Crippen LogP contribution in [0.3, 0.4) is 0 Å². The van der Waals surface area contributed by atoms with Crippen molar-refractivity contribution in [1.29, 1.82) is 0 Å². The van der Waals surface area contributed by atoms with Gasteiger partial charge in [-0.2, -0.15) is 0 Å². The molecule has 4 rings (SSSR count). The summed E-state index contributed by atoms with van der Waals surface area (Å²) in [4.78, 5) is 28.1. The molecule has 7 nitrogen and oxygen atoms in total. The lowest BCUT2D eigenvalue weighted by atomic mass is 9.98. The number of carbonyl (C=O) groups is 1. The molecule has 0 unspecified atom stereocenters. The number of nitro benzene ring substituents is 1. The van der Waals surface area contributed by atoms with E-state index in [0.717, 1.165) is 17.5 Å². The van der Waals surface area contributed by atoms with E-state index in [0.29, 0.717) is 28.6 Å².